The van der Waals surface area contributed by atoms with Crippen molar-refractivity contribution in [2.24, 2.45) is 5.92 Å². The van der Waals surface area contributed by atoms with E-state index in [2.05, 4.69) is 5.32 Å². The topological polar surface area (TPSA) is 69.6 Å². The van der Waals surface area contributed by atoms with E-state index >= 15 is 0 Å². The molecule has 0 aromatic rings. The van der Waals surface area contributed by atoms with Gasteiger partial charge in [-0.3, -0.25) is 4.79 Å². The van der Waals surface area contributed by atoms with E-state index in [1.807, 2.05) is 13.8 Å². The van der Waals surface area contributed by atoms with Gasteiger partial charge >= 0.3 is 5.97 Å². The normalized spacial score (nSPS) is 15.3. The predicted octanol–water partition coefficient (Wildman–Crippen LogP) is 0.458. The second-order valence-electron chi connectivity index (χ2n) is 3.17. The Kier molecular flexibility index (Phi) is 6.54. The van der Waals surface area contributed by atoms with Crippen LogP contribution in [0.5, 0.6) is 0 Å². The van der Waals surface area contributed by atoms with Crippen molar-refractivity contribution in [1.29, 1.82) is 0 Å². The van der Waals surface area contributed by atoms with Gasteiger partial charge in [-0.2, -0.15) is 0 Å². The molecule has 78 valence electrons. The molecule has 0 rings (SSSR count). The first-order valence-electron chi connectivity index (χ1n) is 4.70. The maximum atomic E-state index is 10.7. The Morgan fingerprint density at radius 2 is 2.15 bits per heavy atom. The van der Waals surface area contributed by atoms with Gasteiger partial charge in [-0.25, -0.2) is 0 Å². The van der Waals surface area contributed by atoms with Gasteiger partial charge in [-0.05, 0) is 26.3 Å². The summed E-state index contributed by atoms with van der Waals surface area (Å²) in [6.07, 6.45) is 1.29. The summed E-state index contributed by atoms with van der Waals surface area (Å²) in [5.41, 5.74) is 0. The zero-order chi connectivity index (χ0) is 10.3. The van der Waals surface area contributed by atoms with Gasteiger partial charge < -0.3 is 15.5 Å². The monoisotopic (exact) mass is 189 g/mol. The first-order valence-corrected chi connectivity index (χ1v) is 4.70. The molecule has 0 amide bonds. The molecule has 0 saturated carbocycles. The third-order valence-corrected chi connectivity index (χ3v) is 2.16. The third-order valence-electron chi connectivity index (χ3n) is 2.16. The summed E-state index contributed by atoms with van der Waals surface area (Å²) in [6, 6.07) is -0.0333. The summed E-state index contributed by atoms with van der Waals surface area (Å²) in [6.45, 7) is 4.54. The summed E-state index contributed by atoms with van der Waals surface area (Å²) in [7, 11) is 0. The van der Waals surface area contributed by atoms with Gasteiger partial charge in [0, 0.05) is 12.6 Å². The van der Waals surface area contributed by atoms with Crippen LogP contribution in [0.1, 0.15) is 26.7 Å². The van der Waals surface area contributed by atoms with Crippen LogP contribution in [0.2, 0.25) is 0 Å². The molecular formula is C9H19NO3. The number of carbonyl (C=O) groups is 1. The molecule has 0 bridgehead atoms. The molecule has 4 heteroatoms. The maximum Gasteiger partial charge on any atom is 0.308 e. The second-order valence-corrected chi connectivity index (χ2v) is 3.17. The van der Waals surface area contributed by atoms with Crippen molar-refractivity contribution < 1.29 is 15.0 Å². The molecule has 0 saturated heterocycles. The first kappa shape index (κ1) is 12.4. The van der Waals surface area contributed by atoms with E-state index in [0.29, 0.717) is 19.4 Å². The van der Waals surface area contributed by atoms with E-state index in [1.165, 1.54) is 0 Å². The van der Waals surface area contributed by atoms with Crippen molar-refractivity contribution >= 4 is 5.97 Å². The first-order chi connectivity index (χ1) is 6.13. The number of nitrogens with one attached hydrogen (secondary N) is 1. The van der Waals surface area contributed by atoms with E-state index < -0.39 is 5.97 Å². The number of aliphatic hydroxyl groups excluding tert-OH is 1. The van der Waals surface area contributed by atoms with Crippen LogP contribution in [0.25, 0.3) is 0 Å². The Morgan fingerprint density at radius 1 is 1.54 bits per heavy atom. The molecule has 0 aromatic carbocycles. The molecule has 0 spiro atoms. The highest BCUT2D eigenvalue weighted by atomic mass is 16.4. The fourth-order valence-corrected chi connectivity index (χ4v) is 1.29. The lowest BCUT2D eigenvalue weighted by atomic mass is 9.98. The standard InChI is InChI=1S/C9H19NO3/c1-3-8(9(12)13)7(2)10-5-4-6-11/h7-8,10-11H,3-6H2,1-2H3,(H,12,13). The molecule has 3 N–H and O–H groups in total. The number of carboxylic acids is 1. The van der Waals surface area contributed by atoms with E-state index in [1.54, 1.807) is 0 Å². The third kappa shape index (κ3) is 4.85. The lowest BCUT2D eigenvalue weighted by molar-refractivity contribution is -0.142. The fourth-order valence-electron chi connectivity index (χ4n) is 1.29. The lowest BCUT2D eigenvalue weighted by Crippen LogP contribution is -2.38. The van der Waals surface area contributed by atoms with E-state index in [4.69, 9.17) is 10.2 Å². The molecule has 0 aliphatic heterocycles. The molecule has 0 radical (unpaired) electrons. The van der Waals surface area contributed by atoms with Crippen LogP contribution >= 0.6 is 0 Å². The van der Waals surface area contributed by atoms with Crippen LogP contribution in [0.4, 0.5) is 0 Å². The Labute approximate surface area is 79.0 Å². The molecule has 0 fully saturated rings. The molecule has 0 aromatic heterocycles. The molecular weight excluding hydrogens is 170 g/mol. The van der Waals surface area contributed by atoms with Crippen molar-refractivity contribution in [3.8, 4) is 0 Å². The lowest BCUT2D eigenvalue weighted by Gasteiger charge is -2.19. The molecule has 0 heterocycles. The Balaban J connectivity index is 3.77. The van der Waals surface area contributed by atoms with Gasteiger partial charge in [-0.1, -0.05) is 6.92 Å². The molecule has 4 nitrogen and oxygen atoms in total. The Bertz CT molecular complexity index is 150. The summed E-state index contributed by atoms with van der Waals surface area (Å²) in [5.74, 6) is -1.09. The summed E-state index contributed by atoms with van der Waals surface area (Å²) in [5, 5.41) is 20.4. The number of hydrogen-bond acceptors (Lipinski definition) is 3. The number of aliphatic carboxylic acids is 1. The van der Waals surface area contributed by atoms with Gasteiger partial charge in [-0.15, -0.1) is 0 Å². The minimum absolute atomic E-state index is 0.0333. The van der Waals surface area contributed by atoms with Gasteiger partial charge in [0.2, 0.25) is 0 Å². The minimum atomic E-state index is -0.758. The number of hydrogen-bond donors (Lipinski definition) is 3. The average molecular weight is 189 g/mol. The van der Waals surface area contributed by atoms with Gasteiger partial charge in [0.05, 0.1) is 5.92 Å². The molecule has 2 unspecified atom stereocenters. The van der Waals surface area contributed by atoms with Crippen molar-refractivity contribution in [2.45, 2.75) is 32.7 Å². The molecule has 0 aliphatic rings. The Morgan fingerprint density at radius 3 is 2.54 bits per heavy atom. The average Bonchev–Trinajstić information content (AvgIpc) is 2.05. The molecule has 0 aliphatic carbocycles. The van der Waals surface area contributed by atoms with Crippen molar-refractivity contribution in [3.63, 3.8) is 0 Å². The smallest absolute Gasteiger partial charge is 0.308 e. The van der Waals surface area contributed by atoms with Gasteiger partial charge in [0.15, 0.2) is 0 Å². The number of rotatable bonds is 7. The highest BCUT2D eigenvalue weighted by Crippen LogP contribution is 2.08. The van der Waals surface area contributed by atoms with Crippen LogP contribution in [-0.2, 0) is 4.79 Å². The predicted molar refractivity (Wildman–Crippen MR) is 50.6 cm³/mol. The van der Waals surface area contributed by atoms with E-state index in [9.17, 15) is 4.79 Å². The van der Waals surface area contributed by atoms with Gasteiger partial charge in [0.1, 0.15) is 0 Å². The summed E-state index contributed by atoms with van der Waals surface area (Å²) < 4.78 is 0. The summed E-state index contributed by atoms with van der Waals surface area (Å²) in [4.78, 5) is 10.7. The zero-order valence-electron chi connectivity index (χ0n) is 8.29. The highest BCUT2D eigenvalue weighted by molar-refractivity contribution is 5.70. The van der Waals surface area contributed by atoms with E-state index in [0.717, 1.165) is 0 Å². The van der Waals surface area contributed by atoms with Crippen LogP contribution in [0.3, 0.4) is 0 Å². The van der Waals surface area contributed by atoms with Crippen LogP contribution < -0.4 is 5.32 Å². The quantitative estimate of drug-likeness (QED) is 0.509. The fraction of sp³-hybridized carbons (Fsp3) is 0.889. The largest absolute Gasteiger partial charge is 0.481 e. The maximum absolute atomic E-state index is 10.7. The molecule has 13 heavy (non-hydrogen) atoms. The van der Waals surface area contributed by atoms with Crippen LogP contribution in [0, 0.1) is 5.92 Å². The Hall–Kier alpha value is -0.610. The second kappa shape index (κ2) is 6.86. The van der Waals surface area contributed by atoms with Crippen molar-refractivity contribution in [1.82, 2.24) is 5.32 Å². The summed E-state index contributed by atoms with van der Waals surface area (Å²) >= 11 is 0. The number of carboxylic acid groups (broad SMARTS) is 1. The van der Waals surface area contributed by atoms with Crippen molar-refractivity contribution in [3.05, 3.63) is 0 Å². The van der Waals surface area contributed by atoms with Crippen LogP contribution in [-0.4, -0.2) is 35.4 Å². The van der Waals surface area contributed by atoms with Crippen LogP contribution in [0.15, 0.2) is 0 Å². The highest BCUT2D eigenvalue weighted by Gasteiger charge is 2.21. The SMILES string of the molecule is CCC(C(=O)O)C(C)NCCCO. The minimum Gasteiger partial charge on any atom is -0.481 e. The zero-order valence-corrected chi connectivity index (χ0v) is 8.29. The molecule has 2 atom stereocenters. The number of aliphatic hydroxyl groups is 1. The van der Waals surface area contributed by atoms with Crippen molar-refractivity contribution in [2.75, 3.05) is 13.2 Å². The van der Waals surface area contributed by atoms with Gasteiger partial charge in [0.25, 0.3) is 0 Å². The van der Waals surface area contributed by atoms with E-state index in [-0.39, 0.29) is 18.6 Å².